The fourth-order valence-corrected chi connectivity index (χ4v) is 2.52. The summed E-state index contributed by atoms with van der Waals surface area (Å²) >= 11 is 0. The Labute approximate surface area is 110 Å². The summed E-state index contributed by atoms with van der Waals surface area (Å²) in [5, 5.41) is 0. The molecule has 0 aromatic heterocycles. The van der Waals surface area contributed by atoms with Crippen molar-refractivity contribution in [3.63, 3.8) is 0 Å². The Morgan fingerprint density at radius 2 is 2.00 bits per heavy atom. The predicted octanol–water partition coefficient (Wildman–Crippen LogP) is 3.33. The molecule has 1 aromatic carbocycles. The highest BCUT2D eigenvalue weighted by Gasteiger charge is 2.21. The van der Waals surface area contributed by atoms with E-state index in [0.717, 1.165) is 24.6 Å². The van der Waals surface area contributed by atoms with E-state index in [1.54, 1.807) is 0 Å². The summed E-state index contributed by atoms with van der Waals surface area (Å²) in [6.07, 6.45) is 1.22. The first-order valence-electron chi connectivity index (χ1n) is 6.91. The van der Waals surface area contributed by atoms with Gasteiger partial charge in [0, 0.05) is 12.1 Å². The zero-order valence-electron chi connectivity index (χ0n) is 11.6. The van der Waals surface area contributed by atoms with Gasteiger partial charge in [0.2, 0.25) is 0 Å². The molecule has 1 heterocycles. The molecule has 1 unspecified atom stereocenters. The Balaban J connectivity index is 1.96. The van der Waals surface area contributed by atoms with Crippen LogP contribution in [0.15, 0.2) is 24.3 Å². The summed E-state index contributed by atoms with van der Waals surface area (Å²) in [6, 6.07) is 8.09. The fraction of sp³-hybridized carbons (Fsp3) is 0.562. The number of carbonyl (C=O) groups excluding carboxylic acids is 1. The number of likely N-dealkylation sites (tertiary alicyclic amines) is 1. The van der Waals surface area contributed by atoms with E-state index in [2.05, 4.69) is 37.8 Å². The zero-order chi connectivity index (χ0) is 13.1. The molecule has 1 aliphatic heterocycles. The van der Waals surface area contributed by atoms with Crippen molar-refractivity contribution in [3.8, 4) is 0 Å². The molecular weight excluding hydrogens is 222 g/mol. The molecule has 0 N–H and O–H groups in total. The number of hydrogen-bond donors (Lipinski definition) is 0. The fourth-order valence-electron chi connectivity index (χ4n) is 2.52. The van der Waals surface area contributed by atoms with E-state index in [9.17, 15) is 4.79 Å². The topological polar surface area (TPSA) is 20.3 Å². The van der Waals surface area contributed by atoms with E-state index in [0.29, 0.717) is 12.5 Å². The van der Waals surface area contributed by atoms with Gasteiger partial charge in [-0.1, -0.05) is 45.0 Å². The number of rotatable bonds is 4. The van der Waals surface area contributed by atoms with Crippen LogP contribution in [0.3, 0.4) is 0 Å². The normalized spacial score (nSPS) is 20.6. The molecule has 0 spiro atoms. The molecule has 1 saturated heterocycles. The second-order valence-corrected chi connectivity index (χ2v) is 5.83. The molecule has 0 bridgehead atoms. The van der Waals surface area contributed by atoms with E-state index in [1.165, 1.54) is 12.0 Å². The summed E-state index contributed by atoms with van der Waals surface area (Å²) in [5.74, 6) is 1.51. The Bertz CT molecular complexity index is 408. The predicted molar refractivity (Wildman–Crippen MR) is 75.1 cm³/mol. The molecule has 0 aliphatic carbocycles. The SMILES string of the molecule is CC1CCN(CC(=O)c2ccc(C(C)C)cc2)C1. The Morgan fingerprint density at radius 1 is 1.33 bits per heavy atom. The van der Waals surface area contributed by atoms with Gasteiger partial charge >= 0.3 is 0 Å². The van der Waals surface area contributed by atoms with Gasteiger partial charge in [0.25, 0.3) is 0 Å². The Hall–Kier alpha value is -1.15. The number of benzene rings is 1. The molecule has 1 atom stereocenters. The largest absolute Gasteiger partial charge is 0.296 e. The number of carbonyl (C=O) groups is 1. The minimum atomic E-state index is 0.249. The van der Waals surface area contributed by atoms with Crippen LogP contribution in [0.5, 0.6) is 0 Å². The van der Waals surface area contributed by atoms with Crippen molar-refractivity contribution >= 4 is 5.78 Å². The lowest BCUT2D eigenvalue weighted by Crippen LogP contribution is -2.27. The maximum absolute atomic E-state index is 12.1. The molecule has 2 heteroatoms. The van der Waals surface area contributed by atoms with Crippen molar-refractivity contribution in [1.82, 2.24) is 4.90 Å². The van der Waals surface area contributed by atoms with Gasteiger partial charge in [-0.25, -0.2) is 0 Å². The number of nitrogens with zero attached hydrogens (tertiary/aromatic N) is 1. The van der Waals surface area contributed by atoms with Crippen LogP contribution in [-0.4, -0.2) is 30.3 Å². The first kappa shape index (κ1) is 13.3. The summed E-state index contributed by atoms with van der Waals surface area (Å²) in [7, 11) is 0. The smallest absolute Gasteiger partial charge is 0.176 e. The quantitative estimate of drug-likeness (QED) is 0.758. The van der Waals surface area contributed by atoms with E-state index < -0.39 is 0 Å². The van der Waals surface area contributed by atoms with Crippen LogP contribution in [0.25, 0.3) is 0 Å². The van der Waals surface area contributed by atoms with Gasteiger partial charge < -0.3 is 0 Å². The minimum Gasteiger partial charge on any atom is -0.296 e. The van der Waals surface area contributed by atoms with Crippen LogP contribution in [0.4, 0.5) is 0 Å². The van der Waals surface area contributed by atoms with Gasteiger partial charge in [-0.15, -0.1) is 0 Å². The van der Waals surface area contributed by atoms with Gasteiger partial charge in [-0.2, -0.15) is 0 Å². The first-order chi connectivity index (χ1) is 8.56. The van der Waals surface area contributed by atoms with Gasteiger partial charge in [-0.05, 0) is 30.4 Å². The third kappa shape index (κ3) is 3.20. The number of ketones is 1. The zero-order valence-corrected chi connectivity index (χ0v) is 11.6. The lowest BCUT2D eigenvalue weighted by Gasteiger charge is -2.14. The highest BCUT2D eigenvalue weighted by atomic mass is 16.1. The van der Waals surface area contributed by atoms with Crippen LogP contribution < -0.4 is 0 Å². The van der Waals surface area contributed by atoms with Gasteiger partial charge in [-0.3, -0.25) is 9.69 Å². The average molecular weight is 245 g/mol. The third-order valence-corrected chi connectivity index (χ3v) is 3.77. The molecule has 0 saturated carbocycles. The lowest BCUT2D eigenvalue weighted by atomic mass is 10.0. The Kier molecular flexibility index (Phi) is 4.18. The van der Waals surface area contributed by atoms with Crippen molar-refractivity contribution in [2.75, 3.05) is 19.6 Å². The van der Waals surface area contributed by atoms with Crippen molar-refractivity contribution in [1.29, 1.82) is 0 Å². The molecule has 1 aromatic rings. The van der Waals surface area contributed by atoms with Crippen molar-refractivity contribution in [2.24, 2.45) is 5.92 Å². The summed E-state index contributed by atoms with van der Waals surface area (Å²) in [6.45, 7) is 9.30. The van der Waals surface area contributed by atoms with E-state index in [-0.39, 0.29) is 5.78 Å². The molecule has 18 heavy (non-hydrogen) atoms. The average Bonchev–Trinajstić information content (AvgIpc) is 2.75. The molecular formula is C16H23NO. The molecule has 1 fully saturated rings. The molecule has 0 amide bonds. The van der Waals surface area contributed by atoms with Gasteiger partial charge in [0.1, 0.15) is 0 Å². The summed E-state index contributed by atoms with van der Waals surface area (Å²) in [4.78, 5) is 14.4. The molecule has 2 rings (SSSR count). The lowest BCUT2D eigenvalue weighted by molar-refractivity contribution is 0.0943. The number of hydrogen-bond acceptors (Lipinski definition) is 2. The maximum atomic E-state index is 12.1. The number of Topliss-reactive ketones (excluding diaryl/α,β-unsaturated/α-hetero) is 1. The van der Waals surface area contributed by atoms with Crippen LogP contribution in [-0.2, 0) is 0 Å². The van der Waals surface area contributed by atoms with Crippen LogP contribution in [0.2, 0.25) is 0 Å². The minimum absolute atomic E-state index is 0.249. The molecule has 1 aliphatic rings. The molecule has 0 radical (unpaired) electrons. The Morgan fingerprint density at radius 3 is 2.50 bits per heavy atom. The second kappa shape index (κ2) is 5.66. The van der Waals surface area contributed by atoms with E-state index in [4.69, 9.17) is 0 Å². The van der Waals surface area contributed by atoms with Crippen LogP contribution in [0, 0.1) is 5.92 Å². The van der Waals surface area contributed by atoms with Crippen LogP contribution >= 0.6 is 0 Å². The second-order valence-electron chi connectivity index (χ2n) is 5.83. The maximum Gasteiger partial charge on any atom is 0.176 e. The monoisotopic (exact) mass is 245 g/mol. The van der Waals surface area contributed by atoms with Gasteiger partial charge in [0.05, 0.1) is 6.54 Å². The summed E-state index contributed by atoms with van der Waals surface area (Å²) in [5.41, 5.74) is 2.14. The summed E-state index contributed by atoms with van der Waals surface area (Å²) < 4.78 is 0. The third-order valence-electron chi connectivity index (χ3n) is 3.77. The van der Waals surface area contributed by atoms with Crippen LogP contribution in [0.1, 0.15) is 49.0 Å². The van der Waals surface area contributed by atoms with Crippen molar-refractivity contribution in [3.05, 3.63) is 35.4 Å². The molecule has 98 valence electrons. The highest BCUT2D eigenvalue weighted by Crippen LogP contribution is 2.17. The van der Waals surface area contributed by atoms with E-state index >= 15 is 0 Å². The molecule has 2 nitrogen and oxygen atoms in total. The first-order valence-corrected chi connectivity index (χ1v) is 6.91. The van der Waals surface area contributed by atoms with Gasteiger partial charge in [0.15, 0.2) is 5.78 Å². The standard InChI is InChI=1S/C16H23NO/c1-12(2)14-4-6-15(7-5-14)16(18)11-17-9-8-13(3)10-17/h4-7,12-13H,8-11H2,1-3H3. The highest BCUT2D eigenvalue weighted by molar-refractivity contribution is 5.97. The van der Waals surface area contributed by atoms with E-state index in [1.807, 2.05) is 12.1 Å². The van der Waals surface area contributed by atoms with Crippen molar-refractivity contribution < 1.29 is 4.79 Å². The van der Waals surface area contributed by atoms with Crippen molar-refractivity contribution in [2.45, 2.75) is 33.1 Å².